The topological polar surface area (TPSA) is 90.4 Å². The van der Waals surface area contributed by atoms with E-state index in [2.05, 4.69) is 6.07 Å². The number of hydrogen-bond acceptors (Lipinski definition) is 4. The Hall–Kier alpha value is -2.81. The fourth-order valence-electron chi connectivity index (χ4n) is 4.56. The van der Waals surface area contributed by atoms with E-state index in [-0.39, 0.29) is 23.3 Å². The number of likely N-dealkylation sites (N-methyl/N-ethyl adjacent to an activating group) is 1. The van der Waals surface area contributed by atoms with Gasteiger partial charge in [-0.3, -0.25) is 14.5 Å². The average molecular weight is 336 g/mol. The summed E-state index contributed by atoms with van der Waals surface area (Å²) in [5.41, 5.74) is 5.95. The van der Waals surface area contributed by atoms with Crippen LogP contribution in [0.15, 0.2) is 35.7 Å². The summed E-state index contributed by atoms with van der Waals surface area (Å²) in [6.07, 6.45) is 4.91. The van der Waals surface area contributed by atoms with E-state index >= 15 is 0 Å². The van der Waals surface area contributed by atoms with Gasteiger partial charge in [-0.05, 0) is 18.9 Å². The predicted octanol–water partition coefficient (Wildman–Crippen LogP) is 1.77. The number of amides is 2. The lowest BCUT2D eigenvalue weighted by molar-refractivity contribution is -0.139. The summed E-state index contributed by atoms with van der Waals surface area (Å²) in [6, 6.07) is 9.20. The van der Waals surface area contributed by atoms with Crippen LogP contribution in [-0.2, 0) is 15.0 Å². The van der Waals surface area contributed by atoms with Crippen LogP contribution in [0, 0.1) is 11.3 Å². The van der Waals surface area contributed by atoms with Crippen LogP contribution >= 0.6 is 0 Å². The number of nitriles is 1. The van der Waals surface area contributed by atoms with E-state index in [1.807, 2.05) is 6.07 Å². The third kappa shape index (κ3) is 1.78. The molecule has 2 N–H and O–H groups in total. The van der Waals surface area contributed by atoms with E-state index in [1.165, 1.54) is 9.80 Å². The predicted molar refractivity (Wildman–Crippen MR) is 92.1 cm³/mol. The molecule has 0 radical (unpaired) electrons. The Morgan fingerprint density at radius 2 is 1.84 bits per heavy atom. The van der Waals surface area contributed by atoms with E-state index in [4.69, 9.17) is 5.73 Å². The average Bonchev–Trinajstić information content (AvgIpc) is 3.00. The zero-order valence-electron chi connectivity index (χ0n) is 14.2. The Bertz CT molecular complexity index is 847. The molecule has 25 heavy (non-hydrogen) atoms. The number of rotatable bonds is 1. The van der Waals surface area contributed by atoms with E-state index in [0.717, 1.165) is 32.1 Å². The number of carbonyl (C=O) groups excluding carboxylic acids is 2. The third-order valence-corrected chi connectivity index (χ3v) is 5.78. The van der Waals surface area contributed by atoms with Crippen molar-refractivity contribution in [2.45, 2.75) is 43.6 Å². The summed E-state index contributed by atoms with van der Waals surface area (Å²) >= 11 is 0. The smallest absolute Gasteiger partial charge is 0.254 e. The Labute approximate surface area is 146 Å². The van der Waals surface area contributed by atoms with E-state index < -0.39 is 11.3 Å². The van der Waals surface area contributed by atoms with Gasteiger partial charge in [0, 0.05) is 24.3 Å². The fraction of sp³-hybridized carbons (Fsp3) is 0.421. The van der Waals surface area contributed by atoms with Gasteiger partial charge in [0.1, 0.15) is 11.9 Å². The number of benzene rings is 1. The minimum Gasteiger partial charge on any atom is -0.384 e. The third-order valence-electron chi connectivity index (χ3n) is 5.78. The van der Waals surface area contributed by atoms with E-state index in [1.54, 1.807) is 25.2 Å². The molecule has 2 amide bonds. The number of carbonyl (C=O) groups is 2. The lowest BCUT2D eigenvalue weighted by atomic mass is 9.76. The molecule has 128 valence electrons. The first kappa shape index (κ1) is 15.7. The molecular weight excluding hydrogens is 316 g/mol. The van der Waals surface area contributed by atoms with Crippen LogP contribution < -0.4 is 10.6 Å². The van der Waals surface area contributed by atoms with Gasteiger partial charge in [-0.25, -0.2) is 0 Å². The molecule has 1 saturated carbocycles. The van der Waals surface area contributed by atoms with Crippen molar-refractivity contribution in [1.82, 2.24) is 4.90 Å². The lowest BCUT2D eigenvalue weighted by Crippen LogP contribution is -2.50. The molecule has 4 rings (SSSR count). The SMILES string of the molecule is CN1C(=O)C2(C(=O)N(C3CCCCC3)C(N)=C2C#N)c2ccccc21. The van der Waals surface area contributed by atoms with Crippen molar-refractivity contribution in [2.24, 2.45) is 5.73 Å². The summed E-state index contributed by atoms with van der Waals surface area (Å²) in [5.74, 6) is -0.607. The molecule has 2 heterocycles. The van der Waals surface area contributed by atoms with Gasteiger partial charge in [0.2, 0.25) is 0 Å². The molecule has 0 bridgehead atoms. The summed E-state index contributed by atoms with van der Waals surface area (Å²) in [7, 11) is 1.64. The van der Waals surface area contributed by atoms with Gasteiger partial charge in [-0.2, -0.15) is 5.26 Å². The first-order valence-electron chi connectivity index (χ1n) is 8.66. The lowest BCUT2D eigenvalue weighted by Gasteiger charge is -2.33. The molecule has 1 unspecified atom stereocenters. The highest BCUT2D eigenvalue weighted by atomic mass is 16.2. The Kier molecular flexibility index (Phi) is 3.36. The molecule has 3 aliphatic rings. The molecule has 1 aromatic carbocycles. The van der Waals surface area contributed by atoms with E-state index in [0.29, 0.717) is 11.3 Å². The zero-order chi connectivity index (χ0) is 17.8. The summed E-state index contributed by atoms with van der Waals surface area (Å²) in [4.78, 5) is 29.7. The maximum absolute atomic E-state index is 13.5. The van der Waals surface area contributed by atoms with Crippen LogP contribution in [0.25, 0.3) is 0 Å². The van der Waals surface area contributed by atoms with Crippen molar-refractivity contribution < 1.29 is 9.59 Å². The number of hydrogen-bond donors (Lipinski definition) is 1. The van der Waals surface area contributed by atoms with Crippen molar-refractivity contribution in [3.05, 3.63) is 41.2 Å². The van der Waals surface area contributed by atoms with Crippen molar-refractivity contribution in [2.75, 3.05) is 11.9 Å². The normalized spacial score (nSPS) is 26.6. The van der Waals surface area contributed by atoms with Crippen LogP contribution in [0.3, 0.4) is 0 Å². The number of nitrogens with two attached hydrogens (primary N) is 1. The zero-order valence-corrected chi connectivity index (χ0v) is 14.2. The van der Waals surface area contributed by atoms with Crippen LogP contribution in [-0.4, -0.2) is 29.8 Å². The maximum Gasteiger partial charge on any atom is 0.254 e. The van der Waals surface area contributed by atoms with Crippen LogP contribution in [0.5, 0.6) is 0 Å². The van der Waals surface area contributed by atoms with E-state index in [9.17, 15) is 14.9 Å². The molecule has 1 atom stereocenters. The highest BCUT2D eigenvalue weighted by molar-refractivity contribution is 6.26. The standard InChI is InChI=1S/C19H20N4O2/c1-22-15-10-6-5-9-13(15)19(17(22)24)14(11-20)16(21)23(18(19)25)12-7-3-2-4-8-12/h5-6,9-10,12H,2-4,7-8,21H2,1H3. The maximum atomic E-state index is 13.5. The van der Waals surface area contributed by atoms with Gasteiger partial charge in [-0.1, -0.05) is 37.5 Å². The molecule has 2 aliphatic heterocycles. The van der Waals surface area contributed by atoms with Gasteiger partial charge in [0.25, 0.3) is 11.8 Å². The van der Waals surface area contributed by atoms with Crippen LogP contribution in [0.4, 0.5) is 5.69 Å². The van der Waals surface area contributed by atoms with Crippen molar-refractivity contribution in [3.8, 4) is 6.07 Å². The molecule has 1 spiro atoms. The van der Waals surface area contributed by atoms with Crippen molar-refractivity contribution in [1.29, 1.82) is 5.26 Å². The van der Waals surface area contributed by atoms with Gasteiger partial charge >= 0.3 is 0 Å². The van der Waals surface area contributed by atoms with Crippen LogP contribution in [0.1, 0.15) is 37.7 Å². The van der Waals surface area contributed by atoms with Crippen molar-refractivity contribution >= 4 is 17.5 Å². The number of nitrogens with zero attached hydrogens (tertiary/aromatic N) is 3. The highest BCUT2D eigenvalue weighted by Crippen LogP contribution is 2.51. The Balaban J connectivity index is 1.92. The number of para-hydroxylation sites is 1. The molecule has 6 nitrogen and oxygen atoms in total. The molecule has 1 aliphatic carbocycles. The molecule has 1 fully saturated rings. The molecule has 6 heteroatoms. The second-order valence-corrected chi connectivity index (χ2v) is 6.97. The highest BCUT2D eigenvalue weighted by Gasteiger charge is 2.65. The second-order valence-electron chi connectivity index (χ2n) is 6.97. The monoisotopic (exact) mass is 336 g/mol. The summed E-state index contributed by atoms with van der Waals surface area (Å²) in [5, 5.41) is 9.79. The van der Waals surface area contributed by atoms with Gasteiger partial charge in [-0.15, -0.1) is 0 Å². The molecular formula is C19H20N4O2. The number of anilines is 1. The number of fused-ring (bicyclic) bond motifs is 2. The molecule has 0 saturated heterocycles. The minimum atomic E-state index is -1.61. The largest absolute Gasteiger partial charge is 0.384 e. The molecule has 0 aromatic heterocycles. The minimum absolute atomic E-state index is 0.0326. The first-order valence-corrected chi connectivity index (χ1v) is 8.66. The Morgan fingerprint density at radius 1 is 1.16 bits per heavy atom. The van der Waals surface area contributed by atoms with Gasteiger partial charge in [0.05, 0.1) is 5.57 Å². The quantitative estimate of drug-likeness (QED) is 0.791. The Morgan fingerprint density at radius 3 is 2.52 bits per heavy atom. The molecule has 1 aromatic rings. The first-order chi connectivity index (χ1) is 12.0. The van der Waals surface area contributed by atoms with Gasteiger partial charge < -0.3 is 10.6 Å². The summed E-state index contributed by atoms with van der Waals surface area (Å²) in [6.45, 7) is 0. The summed E-state index contributed by atoms with van der Waals surface area (Å²) < 4.78 is 0. The van der Waals surface area contributed by atoms with Crippen LogP contribution in [0.2, 0.25) is 0 Å². The van der Waals surface area contributed by atoms with Crippen molar-refractivity contribution in [3.63, 3.8) is 0 Å². The van der Waals surface area contributed by atoms with Gasteiger partial charge in [0.15, 0.2) is 5.41 Å². The fourth-order valence-corrected chi connectivity index (χ4v) is 4.56. The second kappa shape index (κ2) is 5.35.